The van der Waals surface area contributed by atoms with Crippen molar-refractivity contribution in [2.75, 3.05) is 19.8 Å². The van der Waals surface area contributed by atoms with Crippen LogP contribution >= 0.6 is 11.6 Å². The van der Waals surface area contributed by atoms with Gasteiger partial charge in [-0.3, -0.25) is 0 Å². The van der Waals surface area contributed by atoms with Crippen LogP contribution in [0.5, 0.6) is 5.75 Å². The minimum atomic E-state index is 0.372. The van der Waals surface area contributed by atoms with Crippen molar-refractivity contribution in [3.63, 3.8) is 0 Å². The monoisotopic (exact) mass is 283 g/mol. The van der Waals surface area contributed by atoms with E-state index in [1.54, 1.807) is 0 Å². The van der Waals surface area contributed by atoms with Crippen LogP contribution in [-0.4, -0.2) is 25.9 Å². The van der Waals surface area contributed by atoms with E-state index in [2.05, 4.69) is 12.2 Å². The second-order valence-electron chi connectivity index (χ2n) is 4.77. The molecule has 0 bridgehead atoms. The third kappa shape index (κ3) is 4.37. The summed E-state index contributed by atoms with van der Waals surface area (Å²) in [5, 5.41) is 4.05. The van der Waals surface area contributed by atoms with E-state index in [-0.39, 0.29) is 0 Å². The lowest BCUT2D eigenvalue weighted by Crippen LogP contribution is -2.15. The molecule has 1 saturated heterocycles. The van der Waals surface area contributed by atoms with Gasteiger partial charge in [0.15, 0.2) is 0 Å². The average Bonchev–Trinajstić information content (AvgIpc) is 2.91. The van der Waals surface area contributed by atoms with Crippen LogP contribution in [0, 0.1) is 0 Å². The first kappa shape index (κ1) is 14.6. The van der Waals surface area contributed by atoms with E-state index < -0.39 is 0 Å². The van der Waals surface area contributed by atoms with E-state index in [9.17, 15) is 0 Å². The largest absolute Gasteiger partial charge is 0.493 e. The first-order valence-electron chi connectivity index (χ1n) is 7.03. The molecule has 1 atom stereocenters. The van der Waals surface area contributed by atoms with Crippen molar-refractivity contribution in [3.8, 4) is 5.75 Å². The van der Waals surface area contributed by atoms with Gasteiger partial charge in [0.05, 0.1) is 12.7 Å². The molecule has 3 nitrogen and oxygen atoms in total. The molecule has 1 heterocycles. The molecule has 1 aromatic rings. The van der Waals surface area contributed by atoms with Gasteiger partial charge < -0.3 is 14.8 Å². The molecule has 0 aliphatic carbocycles. The van der Waals surface area contributed by atoms with Crippen molar-refractivity contribution >= 4 is 11.6 Å². The Labute approximate surface area is 120 Å². The molecule has 1 fully saturated rings. The van der Waals surface area contributed by atoms with Crippen molar-refractivity contribution < 1.29 is 9.47 Å². The minimum Gasteiger partial charge on any atom is -0.493 e. The number of nitrogens with one attached hydrogen (secondary N) is 1. The van der Waals surface area contributed by atoms with E-state index in [1.807, 2.05) is 18.2 Å². The van der Waals surface area contributed by atoms with Gasteiger partial charge in [0.1, 0.15) is 5.75 Å². The third-order valence-electron chi connectivity index (χ3n) is 3.35. The highest BCUT2D eigenvalue weighted by molar-refractivity contribution is 6.31. The molecule has 1 aliphatic rings. The lowest BCUT2D eigenvalue weighted by Gasteiger charge is -2.15. The van der Waals surface area contributed by atoms with E-state index in [1.165, 1.54) is 6.42 Å². The molecular formula is C15H22ClNO2. The highest BCUT2D eigenvalue weighted by atomic mass is 35.5. The van der Waals surface area contributed by atoms with Gasteiger partial charge in [-0.15, -0.1) is 0 Å². The summed E-state index contributed by atoms with van der Waals surface area (Å²) in [6, 6.07) is 5.81. The maximum absolute atomic E-state index is 6.23. The van der Waals surface area contributed by atoms with Crippen molar-refractivity contribution in [1.82, 2.24) is 5.32 Å². The number of rotatable bonds is 7. The molecule has 1 aromatic carbocycles. The second-order valence-corrected chi connectivity index (χ2v) is 5.18. The van der Waals surface area contributed by atoms with E-state index >= 15 is 0 Å². The fraction of sp³-hybridized carbons (Fsp3) is 0.600. The molecular weight excluding hydrogens is 262 g/mol. The second kappa shape index (κ2) is 7.73. The number of benzene rings is 1. The molecule has 1 unspecified atom stereocenters. The quantitative estimate of drug-likeness (QED) is 0.832. The minimum absolute atomic E-state index is 0.372. The first-order chi connectivity index (χ1) is 9.31. The maximum Gasteiger partial charge on any atom is 0.125 e. The van der Waals surface area contributed by atoms with Gasteiger partial charge in [0.2, 0.25) is 0 Å². The summed E-state index contributed by atoms with van der Waals surface area (Å²) < 4.78 is 11.5. The van der Waals surface area contributed by atoms with Gasteiger partial charge in [-0.1, -0.05) is 24.6 Å². The average molecular weight is 284 g/mol. The molecule has 19 heavy (non-hydrogen) atoms. The van der Waals surface area contributed by atoms with E-state index in [0.717, 1.165) is 48.9 Å². The summed E-state index contributed by atoms with van der Waals surface area (Å²) in [5.41, 5.74) is 1.04. The van der Waals surface area contributed by atoms with Gasteiger partial charge in [-0.05, 0) is 31.5 Å². The highest BCUT2D eigenvalue weighted by Gasteiger charge is 2.15. The number of hydrogen-bond acceptors (Lipinski definition) is 3. The molecule has 1 aliphatic heterocycles. The van der Waals surface area contributed by atoms with Crippen molar-refractivity contribution in [3.05, 3.63) is 28.8 Å². The van der Waals surface area contributed by atoms with Crippen LogP contribution in [0.1, 0.15) is 31.7 Å². The summed E-state index contributed by atoms with van der Waals surface area (Å²) in [7, 11) is 0. The van der Waals surface area contributed by atoms with Gasteiger partial charge in [-0.25, -0.2) is 0 Å². The number of hydrogen-bond donors (Lipinski definition) is 1. The Morgan fingerprint density at radius 1 is 1.47 bits per heavy atom. The normalized spacial score (nSPS) is 18.7. The van der Waals surface area contributed by atoms with Crippen LogP contribution in [0.4, 0.5) is 0 Å². The molecule has 1 N–H and O–H groups in total. The fourth-order valence-electron chi connectivity index (χ4n) is 2.27. The van der Waals surface area contributed by atoms with E-state index in [0.29, 0.717) is 12.7 Å². The van der Waals surface area contributed by atoms with Crippen LogP contribution in [0.25, 0.3) is 0 Å². The summed E-state index contributed by atoms with van der Waals surface area (Å²) in [4.78, 5) is 0. The predicted molar refractivity (Wildman–Crippen MR) is 77.9 cm³/mol. The first-order valence-corrected chi connectivity index (χ1v) is 7.41. The summed E-state index contributed by atoms with van der Waals surface area (Å²) >= 11 is 6.23. The Morgan fingerprint density at radius 2 is 2.37 bits per heavy atom. The molecule has 0 aromatic heterocycles. The van der Waals surface area contributed by atoms with Crippen molar-refractivity contribution in [1.29, 1.82) is 0 Å². The molecule has 106 valence electrons. The van der Waals surface area contributed by atoms with Crippen LogP contribution in [-0.2, 0) is 11.3 Å². The Morgan fingerprint density at radius 3 is 3.11 bits per heavy atom. The number of halogens is 1. The summed E-state index contributed by atoms with van der Waals surface area (Å²) in [5.74, 6) is 0.881. The Bertz CT molecular complexity index is 392. The zero-order valence-corrected chi connectivity index (χ0v) is 12.2. The standard InChI is InChI=1S/C15H22ClNO2/c1-2-17-11-13-14(16)6-3-7-15(13)19-10-8-12-5-4-9-18-12/h3,6-7,12,17H,2,4-5,8-11H2,1H3. The van der Waals surface area contributed by atoms with Gasteiger partial charge in [-0.2, -0.15) is 0 Å². The Balaban J connectivity index is 1.88. The third-order valence-corrected chi connectivity index (χ3v) is 3.70. The molecule has 2 rings (SSSR count). The highest BCUT2D eigenvalue weighted by Crippen LogP contribution is 2.27. The van der Waals surface area contributed by atoms with E-state index in [4.69, 9.17) is 21.1 Å². The molecule has 0 radical (unpaired) electrons. The molecule has 0 saturated carbocycles. The summed E-state index contributed by atoms with van der Waals surface area (Å²) in [6.07, 6.45) is 3.65. The lowest BCUT2D eigenvalue weighted by molar-refractivity contribution is 0.0902. The van der Waals surface area contributed by atoms with Gasteiger partial charge in [0, 0.05) is 30.2 Å². The van der Waals surface area contributed by atoms with Crippen molar-refractivity contribution in [2.45, 2.75) is 38.8 Å². The lowest BCUT2D eigenvalue weighted by atomic mass is 10.2. The zero-order chi connectivity index (χ0) is 13.5. The SMILES string of the molecule is CCNCc1c(Cl)cccc1OCCC1CCCO1. The molecule has 0 spiro atoms. The van der Waals surface area contributed by atoms with Gasteiger partial charge >= 0.3 is 0 Å². The summed E-state index contributed by atoms with van der Waals surface area (Å²) in [6.45, 7) is 5.32. The van der Waals surface area contributed by atoms with Crippen molar-refractivity contribution in [2.24, 2.45) is 0 Å². The smallest absolute Gasteiger partial charge is 0.125 e. The van der Waals surface area contributed by atoms with Gasteiger partial charge in [0.25, 0.3) is 0 Å². The van der Waals surface area contributed by atoms with Crippen LogP contribution in [0.3, 0.4) is 0 Å². The zero-order valence-electron chi connectivity index (χ0n) is 11.5. The van der Waals surface area contributed by atoms with Crippen LogP contribution < -0.4 is 10.1 Å². The Hall–Kier alpha value is -0.770. The van der Waals surface area contributed by atoms with Crippen LogP contribution in [0.2, 0.25) is 5.02 Å². The molecule has 0 amide bonds. The topological polar surface area (TPSA) is 30.5 Å². The maximum atomic E-state index is 6.23. The number of ether oxygens (including phenoxy) is 2. The molecule has 4 heteroatoms. The fourth-order valence-corrected chi connectivity index (χ4v) is 2.50. The Kier molecular flexibility index (Phi) is 5.95. The predicted octanol–water partition coefficient (Wildman–Crippen LogP) is 3.40. The van der Waals surface area contributed by atoms with Crippen LogP contribution in [0.15, 0.2) is 18.2 Å².